The summed E-state index contributed by atoms with van der Waals surface area (Å²) in [7, 11) is 0.907. The topological polar surface area (TPSA) is 70.5 Å². The first-order chi connectivity index (χ1) is 5.88. The summed E-state index contributed by atoms with van der Waals surface area (Å²) in [6, 6.07) is -0.130. The first kappa shape index (κ1) is 13.1. The van der Waals surface area contributed by atoms with Crippen LogP contribution in [0.15, 0.2) is 0 Å². The van der Waals surface area contributed by atoms with Gasteiger partial charge in [0.1, 0.15) is 0 Å². The summed E-state index contributed by atoms with van der Waals surface area (Å²) >= 11 is 0. The molecule has 0 saturated carbocycles. The van der Waals surface area contributed by atoms with Crippen LogP contribution >= 0.6 is 0 Å². The fraction of sp³-hybridized carbons (Fsp3) is 1.00. The van der Waals surface area contributed by atoms with Gasteiger partial charge in [-0.25, -0.2) is 0 Å². The standard InChI is InChI=1S/C8H22N2O2Si/c1-6-8(10,7(2)9)13(5,11-3)12-4/h7H,6,9-10H2,1-5H3. The molecular formula is C8H22N2O2Si. The van der Waals surface area contributed by atoms with E-state index in [4.69, 9.17) is 20.3 Å². The van der Waals surface area contributed by atoms with E-state index in [1.54, 1.807) is 14.2 Å². The minimum absolute atomic E-state index is 0.130. The first-order valence-corrected chi connectivity index (χ1v) is 6.84. The zero-order valence-electron chi connectivity index (χ0n) is 9.26. The van der Waals surface area contributed by atoms with Crippen LogP contribution in [-0.4, -0.2) is 34.0 Å². The molecular weight excluding hydrogens is 184 g/mol. The lowest BCUT2D eigenvalue weighted by Crippen LogP contribution is -2.72. The third-order valence-corrected chi connectivity index (χ3v) is 7.08. The molecule has 4 nitrogen and oxygen atoms in total. The second kappa shape index (κ2) is 4.52. The molecule has 0 fully saturated rings. The van der Waals surface area contributed by atoms with Crippen LogP contribution in [0.2, 0.25) is 6.55 Å². The maximum atomic E-state index is 6.23. The molecule has 0 saturated heterocycles. The Labute approximate surface area is 81.8 Å². The average molecular weight is 206 g/mol. The van der Waals surface area contributed by atoms with Crippen molar-refractivity contribution in [2.45, 2.75) is 38.0 Å². The highest BCUT2D eigenvalue weighted by atomic mass is 28.4. The second-order valence-electron chi connectivity index (χ2n) is 3.54. The highest BCUT2D eigenvalue weighted by molar-refractivity contribution is 6.69. The lowest BCUT2D eigenvalue weighted by Gasteiger charge is -2.43. The molecule has 0 radical (unpaired) electrons. The van der Waals surface area contributed by atoms with Gasteiger partial charge in [0, 0.05) is 20.3 Å². The lowest BCUT2D eigenvalue weighted by molar-refractivity contribution is 0.199. The molecule has 0 aliphatic heterocycles. The smallest absolute Gasteiger partial charge is 0.356 e. The Morgan fingerprint density at radius 2 is 1.77 bits per heavy atom. The largest absolute Gasteiger partial charge is 0.397 e. The molecule has 0 aliphatic carbocycles. The van der Waals surface area contributed by atoms with E-state index < -0.39 is 13.7 Å². The fourth-order valence-corrected chi connectivity index (χ4v) is 3.92. The van der Waals surface area contributed by atoms with Gasteiger partial charge in [0.25, 0.3) is 0 Å². The Kier molecular flexibility index (Phi) is 4.54. The van der Waals surface area contributed by atoms with Crippen LogP contribution in [0.25, 0.3) is 0 Å². The Balaban J connectivity index is 4.91. The molecule has 0 amide bonds. The van der Waals surface area contributed by atoms with Crippen LogP contribution in [0.5, 0.6) is 0 Å². The van der Waals surface area contributed by atoms with Crippen LogP contribution in [0, 0.1) is 0 Å². The quantitative estimate of drug-likeness (QED) is 0.637. The van der Waals surface area contributed by atoms with Gasteiger partial charge in [-0.3, -0.25) is 0 Å². The Hall–Kier alpha value is 0.0569. The average Bonchev–Trinajstić information content (AvgIpc) is 2.14. The lowest BCUT2D eigenvalue weighted by atomic mass is 10.1. The van der Waals surface area contributed by atoms with Crippen molar-refractivity contribution in [3.63, 3.8) is 0 Å². The summed E-state index contributed by atoms with van der Waals surface area (Å²) in [4.78, 5) is 0. The zero-order chi connectivity index (χ0) is 10.7. The summed E-state index contributed by atoms with van der Waals surface area (Å²) in [6.45, 7) is 5.85. The number of nitrogens with two attached hydrogens (primary N) is 2. The minimum atomic E-state index is -2.36. The van der Waals surface area contributed by atoms with Crippen molar-refractivity contribution in [3.8, 4) is 0 Å². The summed E-state index contributed by atoms with van der Waals surface area (Å²) in [5.74, 6) is 0. The van der Waals surface area contributed by atoms with E-state index in [9.17, 15) is 0 Å². The summed E-state index contributed by atoms with van der Waals surface area (Å²) in [5, 5.41) is -0.531. The molecule has 80 valence electrons. The molecule has 0 aromatic carbocycles. The van der Waals surface area contributed by atoms with Gasteiger partial charge in [0.2, 0.25) is 0 Å². The minimum Gasteiger partial charge on any atom is -0.397 e. The number of hydrogen-bond acceptors (Lipinski definition) is 4. The van der Waals surface area contributed by atoms with E-state index in [0.29, 0.717) is 0 Å². The first-order valence-electron chi connectivity index (χ1n) is 4.52. The SMILES string of the molecule is CCC(N)(C(C)N)[Si](C)(OC)OC. The van der Waals surface area contributed by atoms with Crippen molar-refractivity contribution < 1.29 is 8.85 Å². The van der Waals surface area contributed by atoms with Crippen molar-refractivity contribution in [3.05, 3.63) is 0 Å². The molecule has 0 aromatic rings. The van der Waals surface area contributed by atoms with Crippen molar-refractivity contribution in [2.24, 2.45) is 11.5 Å². The summed E-state index contributed by atoms with van der Waals surface area (Å²) in [6.07, 6.45) is 0.759. The van der Waals surface area contributed by atoms with Crippen LogP contribution in [-0.2, 0) is 8.85 Å². The summed E-state index contributed by atoms with van der Waals surface area (Å²) in [5.41, 5.74) is 12.1. The molecule has 0 rings (SSSR count). The molecule has 0 aliphatic rings. The van der Waals surface area contributed by atoms with Gasteiger partial charge in [-0.05, 0) is 19.9 Å². The predicted octanol–water partition coefficient (Wildman–Crippen LogP) is 0.345. The van der Waals surface area contributed by atoms with E-state index in [1.807, 2.05) is 20.4 Å². The number of rotatable bonds is 5. The van der Waals surface area contributed by atoms with E-state index in [0.717, 1.165) is 6.42 Å². The van der Waals surface area contributed by atoms with Gasteiger partial charge >= 0.3 is 8.56 Å². The van der Waals surface area contributed by atoms with Crippen LogP contribution in [0.3, 0.4) is 0 Å². The van der Waals surface area contributed by atoms with Crippen molar-refractivity contribution in [2.75, 3.05) is 14.2 Å². The van der Waals surface area contributed by atoms with E-state index in [1.165, 1.54) is 0 Å². The summed E-state index contributed by atoms with van der Waals surface area (Å²) < 4.78 is 10.8. The highest BCUT2D eigenvalue weighted by Gasteiger charge is 2.51. The van der Waals surface area contributed by atoms with Gasteiger partial charge in [-0.15, -0.1) is 0 Å². The second-order valence-corrected chi connectivity index (χ2v) is 7.18. The van der Waals surface area contributed by atoms with Crippen LogP contribution in [0.1, 0.15) is 20.3 Å². The van der Waals surface area contributed by atoms with Crippen molar-refractivity contribution >= 4 is 8.56 Å². The molecule has 0 aromatic heterocycles. The maximum Gasteiger partial charge on any atom is 0.356 e. The van der Waals surface area contributed by atoms with Gasteiger partial charge in [-0.2, -0.15) is 0 Å². The molecule has 5 heteroatoms. The third-order valence-electron chi connectivity index (χ3n) is 3.02. The van der Waals surface area contributed by atoms with Gasteiger partial charge in [0.15, 0.2) is 0 Å². The van der Waals surface area contributed by atoms with E-state index in [-0.39, 0.29) is 6.04 Å². The van der Waals surface area contributed by atoms with Crippen molar-refractivity contribution in [1.29, 1.82) is 0 Å². The fourth-order valence-electron chi connectivity index (χ4n) is 1.52. The molecule has 0 bridgehead atoms. The molecule has 4 N–H and O–H groups in total. The van der Waals surface area contributed by atoms with E-state index >= 15 is 0 Å². The molecule has 0 spiro atoms. The Bertz CT molecular complexity index is 162. The maximum absolute atomic E-state index is 6.23. The van der Waals surface area contributed by atoms with Crippen molar-refractivity contribution in [1.82, 2.24) is 0 Å². The van der Waals surface area contributed by atoms with E-state index in [2.05, 4.69) is 0 Å². The monoisotopic (exact) mass is 206 g/mol. The zero-order valence-corrected chi connectivity index (χ0v) is 10.3. The Morgan fingerprint density at radius 1 is 1.38 bits per heavy atom. The predicted molar refractivity (Wildman–Crippen MR) is 56.5 cm³/mol. The molecule has 0 heterocycles. The van der Waals surface area contributed by atoms with Gasteiger partial charge in [-0.1, -0.05) is 6.92 Å². The number of hydrogen-bond donors (Lipinski definition) is 2. The Morgan fingerprint density at radius 3 is 1.85 bits per heavy atom. The third kappa shape index (κ3) is 2.11. The van der Waals surface area contributed by atoms with Gasteiger partial charge in [0.05, 0.1) is 5.16 Å². The van der Waals surface area contributed by atoms with Gasteiger partial charge < -0.3 is 20.3 Å². The highest BCUT2D eigenvalue weighted by Crippen LogP contribution is 2.25. The normalized spacial score (nSPS) is 19.6. The molecule has 2 atom stereocenters. The van der Waals surface area contributed by atoms with Crippen LogP contribution < -0.4 is 11.5 Å². The molecule has 13 heavy (non-hydrogen) atoms. The van der Waals surface area contributed by atoms with Crippen LogP contribution in [0.4, 0.5) is 0 Å². The molecule has 2 unspecified atom stereocenters.